The molecule has 0 saturated carbocycles. The van der Waals surface area contributed by atoms with Gasteiger partial charge in [0.05, 0.1) is 19.3 Å². The van der Waals surface area contributed by atoms with Gasteiger partial charge in [0.25, 0.3) is 5.91 Å². The van der Waals surface area contributed by atoms with Crippen molar-refractivity contribution in [1.29, 1.82) is 0 Å². The molecule has 0 fully saturated rings. The lowest BCUT2D eigenvalue weighted by Crippen LogP contribution is -2.23. The van der Waals surface area contributed by atoms with Gasteiger partial charge in [-0.2, -0.15) is 5.10 Å². The van der Waals surface area contributed by atoms with E-state index in [9.17, 15) is 9.59 Å². The zero-order valence-corrected chi connectivity index (χ0v) is 15.2. The van der Waals surface area contributed by atoms with Crippen molar-refractivity contribution in [3.8, 4) is 28.8 Å². The smallest absolute Gasteiger partial charge is 0.270 e. The third-order valence-electron chi connectivity index (χ3n) is 3.94. The first-order chi connectivity index (χ1) is 13.6. The normalized spacial score (nSPS) is 9.89. The van der Waals surface area contributed by atoms with Gasteiger partial charge in [0.2, 0.25) is 5.91 Å². The largest absolute Gasteiger partial charge is 0.496 e. The second kappa shape index (κ2) is 8.56. The number of rotatable bonds is 5. The third-order valence-corrected chi connectivity index (χ3v) is 3.94. The van der Waals surface area contributed by atoms with Gasteiger partial charge < -0.3 is 15.8 Å². The minimum atomic E-state index is -0.487. The van der Waals surface area contributed by atoms with Gasteiger partial charge in [0, 0.05) is 16.7 Å². The Kier molecular flexibility index (Phi) is 5.72. The van der Waals surface area contributed by atoms with E-state index in [1.54, 1.807) is 37.4 Å². The first-order valence-corrected chi connectivity index (χ1v) is 8.44. The van der Waals surface area contributed by atoms with Crippen molar-refractivity contribution in [3.05, 3.63) is 71.4 Å². The number of nitrogens with two attached hydrogens (primary N) is 1. The maximum Gasteiger partial charge on any atom is 0.270 e. The molecule has 0 saturated heterocycles. The zero-order chi connectivity index (χ0) is 19.9. The number of primary amides is 1. The lowest BCUT2D eigenvalue weighted by Gasteiger charge is -2.04. The number of methoxy groups -OCH3 is 1. The van der Waals surface area contributed by atoms with E-state index in [1.807, 2.05) is 24.3 Å². The van der Waals surface area contributed by atoms with Gasteiger partial charge in [-0.05, 0) is 42.5 Å². The highest BCUT2D eigenvalue weighted by Gasteiger charge is 2.12. The topological polar surface area (TPSA) is 110 Å². The van der Waals surface area contributed by atoms with Gasteiger partial charge in [0.1, 0.15) is 11.4 Å². The molecule has 0 spiro atoms. The maximum atomic E-state index is 12.2. The molecule has 0 aliphatic rings. The molecule has 1 aromatic heterocycles. The van der Waals surface area contributed by atoms with Gasteiger partial charge in [-0.3, -0.25) is 14.7 Å². The molecule has 0 aliphatic heterocycles. The number of H-pyrrole nitrogens is 1. The first-order valence-electron chi connectivity index (χ1n) is 8.44. The van der Waals surface area contributed by atoms with Crippen LogP contribution in [0.5, 0.6) is 5.75 Å². The second-order valence-electron chi connectivity index (χ2n) is 5.79. The van der Waals surface area contributed by atoms with Crippen LogP contribution >= 0.6 is 0 Å². The summed E-state index contributed by atoms with van der Waals surface area (Å²) in [6.45, 7) is 0.166. The highest BCUT2D eigenvalue weighted by atomic mass is 16.5. The number of para-hydroxylation sites is 1. The van der Waals surface area contributed by atoms with Crippen molar-refractivity contribution in [2.24, 2.45) is 5.73 Å². The van der Waals surface area contributed by atoms with E-state index in [0.717, 1.165) is 11.1 Å². The molecule has 3 aromatic rings. The molecule has 7 heteroatoms. The fourth-order valence-electron chi connectivity index (χ4n) is 2.52. The predicted octanol–water partition coefficient (Wildman–Crippen LogP) is 1.97. The summed E-state index contributed by atoms with van der Waals surface area (Å²) < 4.78 is 5.31. The average molecular weight is 374 g/mol. The number of ether oxygens (including phenoxy) is 1. The Morgan fingerprint density at radius 1 is 1.18 bits per heavy atom. The summed E-state index contributed by atoms with van der Waals surface area (Å²) in [6, 6.07) is 15.7. The molecule has 0 aliphatic carbocycles. The second-order valence-corrected chi connectivity index (χ2v) is 5.79. The van der Waals surface area contributed by atoms with Crippen LogP contribution in [-0.2, 0) is 0 Å². The Balaban J connectivity index is 1.60. The van der Waals surface area contributed by atoms with Gasteiger partial charge in [-0.1, -0.05) is 24.0 Å². The van der Waals surface area contributed by atoms with Crippen molar-refractivity contribution >= 4 is 11.8 Å². The van der Waals surface area contributed by atoms with Crippen molar-refractivity contribution in [2.75, 3.05) is 13.7 Å². The average Bonchev–Trinajstić information content (AvgIpc) is 3.21. The van der Waals surface area contributed by atoms with Crippen LogP contribution in [0.3, 0.4) is 0 Å². The number of hydrogen-bond acceptors (Lipinski definition) is 4. The predicted molar refractivity (Wildman–Crippen MR) is 105 cm³/mol. The molecule has 0 radical (unpaired) electrons. The molecule has 4 N–H and O–H groups in total. The monoisotopic (exact) mass is 374 g/mol. The number of amides is 2. The molecule has 0 bridgehead atoms. The molecular weight excluding hydrogens is 356 g/mol. The van der Waals surface area contributed by atoms with Gasteiger partial charge in [-0.15, -0.1) is 0 Å². The number of aromatic amines is 1. The minimum Gasteiger partial charge on any atom is -0.496 e. The lowest BCUT2D eigenvalue weighted by atomic mass is 10.1. The standard InChI is InChI=1S/C21H18N4O3/c1-28-19-7-3-2-6-16(19)17-13-18(25-24-17)21(27)23-12-4-5-14-8-10-15(11-9-14)20(22)26/h2-3,6-11,13H,12H2,1H3,(H2,22,26)(H,23,27)(H,24,25). The Labute approximate surface area is 161 Å². The SMILES string of the molecule is COc1ccccc1-c1cc(C(=O)NCC#Cc2ccc(C(N)=O)cc2)[nH]n1. The Morgan fingerprint density at radius 2 is 1.93 bits per heavy atom. The number of aromatic nitrogens is 2. The van der Waals surface area contributed by atoms with E-state index in [4.69, 9.17) is 10.5 Å². The summed E-state index contributed by atoms with van der Waals surface area (Å²) in [6.07, 6.45) is 0. The first kappa shape index (κ1) is 18.7. The number of nitrogens with zero attached hydrogens (tertiary/aromatic N) is 1. The quantitative estimate of drug-likeness (QED) is 0.593. The molecule has 1 heterocycles. The van der Waals surface area contributed by atoms with E-state index in [2.05, 4.69) is 27.4 Å². The van der Waals surface area contributed by atoms with E-state index < -0.39 is 5.91 Å². The van der Waals surface area contributed by atoms with Crippen molar-refractivity contribution < 1.29 is 14.3 Å². The fourth-order valence-corrected chi connectivity index (χ4v) is 2.52. The molecule has 2 amide bonds. The van der Waals surface area contributed by atoms with Crippen LogP contribution in [0.15, 0.2) is 54.6 Å². The molecule has 0 unspecified atom stereocenters. The summed E-state index contributed by atoms with van der Waals surface area (Å²) in [5, 5.41) is 9.60. The van der Waals surface area contributed by atoms with E-state index >= 15 is 0 Å². The van der Waals surface area contributed by atoms with Crippen molar-refractivity contribution in [3.63, 3.8) is 0 Å². The highest BCUT2D eigenvalue weighted by molar-refractivity contribution is 5.94. The van der Waals surface area contributed by atoms with Gasteiger partial charge in [-0.25, -0.2) is 0 Å². The molecule has 28 heavy (non-hydrogen) atoms. The molecule has 140 valence electrons. The Morgan fingerprint density at radius 3 is 2.64 bits per heavy atom. The van der Waals surface area contributed by atoms with Crippen LogP contribution in [0.2, 0.25) is 0 Å². The lowest BCUT2D eigenvalue weighted by molar-refractivity contribution is 0.0952. The van der Waals surface area contributed by atoms with E-state index in [0.29, 0.717) is 22.7 Å². The highest BCUT2D eigenvalue weighted by Crippen LogP contribution is 2.28. The molecule has 3 rings (SSSR count). The van der Waals surface area contributed by atoms with E-state index in [1.165, 1.54) is 0 Å². The number of hydrogen-bond donors (Lipinski definition) is 3. The third kappa shape index (κ3) is 4.37. The van der Waals surface area contributed by atoms with Crippen LogP contribution in [0.25, 0.3) is 11.3 Å². The summed E-state index contributed by atoms with van der Waals surface area (Å²) in [5.41, 5.74) is 8.07. The molecular formula is C21H18N4O3. The fraction of sp³-hybridized carbons (Fsp3) is 0.0952. The van der Waals surface area contributed by atoms with Crippen LogP contribution in [0.4, 0.5) is 0 Å². The van der Waals surface area contributed by atoms with Crippen molar-refractivity contribution in [1.82, 2.24) is 15.5 Å². The summed E-state index contributed by atoms with van der Waals surface area (Å²) in [7, 11) is 1.58. The van der Waals surface area contributed by atoms with Crippen LogP contribution < -0.4 is 15.8 Å². The van der Waals surface area contributed by atoms with E-state index in [-0.39, 0.29) is 12.5 Å². The molecule has 7 nitrogen and oxygen atoms in total. The van der Waals surface area contributed by atoms with Crippen LogP contribution in [0, 0.1) is 11.8 Å². The minimum absolute atomic E-state index is 0.166. The van der Waals surface area contributed by atoms with Gasteiger partial charge >= 0.3 is 0 Å². The Hall–Kier alpha value is -4.05. The maximum absolute atomic E-state index is 12.2. The molecule has 2 aromatic carbocycles. The van der Waals surface area contributed by atoms with Crippen LogP contribution in [-0.4, -0.2) is 35.7 Å². The number of carbonyl (C=O) groups excluding carboxylic acids is 2. The number of benzene rings is 2. The molecule has 0 atom stereocenters. The number of nitrogens with one attached hydrogen (secondary N) is 2. The summed E-state index contributed by atoms with van der Waals surface area (Å²) in [5.74, 6) is 5.63. The Bertz CT molecular complexity index is 1060. The van der Waals surface area contributed by atoms with Crippen molar-refractivity contribution in [2.45, 2.75) is 0 Å². The summed E-state index contributed by atoms with van der Waals surface area (Å²) >= 11 is 0. The van der Waals surface area contributed by atoms with Gasteiger partial charge in [0.15, 0.2) is 0 Å². The zero-order valence-electron chi connectivity index (χ0n) is 15.2. The number of carbonyl (C=O) groups is 2. The van der Waals surface area contributed by atoms with Crippen LogP contribution in [0.1, 0.15) is 26.4 Å². The summed E-state index contributed by atoms with van der Waals surface area (Å²) in [4.78, 5) is 23.3.